The molecule has 0 rings (SSSR count). The fraction of sp³-hybridized carbons (Fsp3) is 0.857. The maximum atomic E-state index is 13.0. The molecule has 4 nitrogen and oxygen atoms in total. The van der Waals surface area contributed by atoms with Crippen molar-refractivity contribution in [2.45, 2.75) is 187 Å². The van der Waals surface area contributed by atoms with Gasteiger partial charge in [0, 0.05) is 38.2 Å². The SMILES string of the molecule is CCCCCCCC/C=C\CCCCCCCCN(CCCCCC(=O)CC/C=C/CCCCCCCC)C(=O)CSCCN(C)C. The van der Waals surface area contributed by atoms with Crippen LogP contribution in [-0.4, -0.2) is 66.7 Å². The monoisotopic (exact) mass is 677 g/mol. The normalized spacial score (nSPS) is 11.9. The van der Waals surface area contributed by atoms with E-state index in [2.05, 4.69) is 62.0 Å². The zero-order valence-electron chi connectivity index (χ0n) is 32.1. The van der Waals surface area contributed by atoms with E-state index in [1.165, 1.54) is 122 Å². The van der Waals surface area contributed by atoms with E-state index in [4.69, 9.17) is 0 Å². The molecule has 0 radical (unpaired) electrons. The molecule has 0 saturated carbocycles. The Kier molecular flexibility index (Phi) is 36.9. The lowest BCUT2D eigenvalue weighted by Gasteiger charge is -2.23. The van der Waals surface area contributed by atoms with E-state index in [9.17, 15) is 9.59 Å². The molecule has 47 heavy (non-hydrogen) atoms. The largest absolute Gasteiger partial charge is 0.342 e. The second-order valence-corrected chi connectivity index (χ2v) is 15.2. The van der Waals surface area contributed by atoms with Gasteiger partial charge in [0.15, 0.2) is 0 Å². The van der Waals surface area contributed by atoms with E-state index in [0.29, 0.717) is 30.3 Å². The molecule has 0 spiro atoms. The third-order valence-corrected chi connectivity index (χ3v) is 9.99. The van der Waals surface area contributed by atoms with Gasteiger partial charge >= 0.3 is 0 Å². The van der Waals surface area contributed by atoms with Crippen molar-refractivity contribution in [1.29, 1.82) is 0 Å². The summed E-state index contributed by atoms with van der Waals surface area (Å²) in [5.41, 5.74) is 0. The standard InChI is InChI=1S/C42H80N2O2S/c1-5-7-9-11-13-15-17-18-19-20-21-22-24-26-28-32-36-44(42(46)40-47-39-38-43(3)4)37-33-29-31-35-41(45)34-30-27-25-23-16-14-12-10-8-6-2/h18-19,25,27H,5-17,20-24,26,28-40H2,1-4H3/b19-18-,27-25+. The van der Waals surface area contributed by atoms with Gasteiger partial charge in [-0.2, -0.15) is 11.8 Å². The number of Topliss-reactive ketones (excluding diaryl/α,β-unsaturated/α-hetero) is 1. The summed E-state index contributed by atoms with van der Waals surface area (Å²) < 4.78 is 0. The molecule has 276 valence electrons. The minimum atomic E-state index is 0.297. The molecule has 0 aromatic rings. The van der Waals surface area contributed by atoms with Crippen molar-refractivity contribution in [2.24, 2.45) is 0 Å². The van der Waals surface area contributed by atoms with Crippen LogP contribution in [0.25, 0.3) is 0 Å². The molecule has 5 heteroatoms. The molecule has 0 aliphatic heterocycles. The van der Waals surface area contributed by atoms with Crippen LogP contribution in [0.15, 0.2) is 24.3 Å². The van der Waals surface area contributed by atoms with Crippen LogP contribution in [0, 0.1) is 0 Å². The fourth-order valence-corrected chi connectivity index (χ4v) is 6.85. The quantitative estimate of drug-likeness (QED) is 0.0485. The lowest BCUT2D eigenvalue weighted by molar-refractivity contribution is -0.128. The van der Waals surface area contributed by atoms with Gasteiger partial charge in [-0.15, -0.1) is 0 Å². The molecule has 0 atom stereocenters. The molecule has 0 heterocycles. The summed E-state index contributed by atoms with van der Waals surface area (Å²) in [5.74, 6) is 2.27. The summed E-state index contributed by atoms with van der Waals surface area (Å²) in [6.45, 7) is 7.28. The minimum absolute atomic E-state index is 0.297. The van der Waals surface area contributed by atoms with Crippen molar-refractivity contribution >= 4 is 23.5 Å². The van der Waals surface area contributed by atoms with E-state index < -0.39 is 0 Å². The number of carbonyl (C=O) groups excluding carboxylic acids is 2. The van der Waals surface area contributed by atoms with Crippen molar-refractivity contribution < 1.29 is 9.59 Å². The molecule has 0 fully saturated rings. The maximum absolute atomic E-state index is 13.0. The summed E-state index contributed by atoms with van der Waals surface area (Å²) >= 11 is 1.76. The Morgan fingerprint density at radius 2 is 0.915 bits per heavy atom. The molecular weight excluding hydrogens is 597 g/mol. The van der Waals surface area contributed by atoms with E-state index >= 15 is 0 Å². The Labute approximate surface area is 298 Å². The van der Waals surface area contributed by atoms with Crippen molar-refractivity contribution in [3.05, 3.63) is 24.3 Å². The Morgan fingerprint density at radius 3 is 1.40 bits per heavy atom. The highest BCUT2D eigenvalue weighted by atomic mass is 32.2. The van der Waals surface area contributed by atoms with Crippen LogP contribution >= 0.6 is 11.8 Å². The average Bonchev–Trinajstić information content (AvgIpc) is 3.06. The third kappa shape index (κ3) is 36.0. The number of hydrogen-bond acceptors (Lipinski definition) is 4. The highest BCUT2D eigenvalue weighted by molar-refractivity contribution is 7.99. The number of allylic oxidation sites excluding steroid dienone is 4. The van der Waals surface area contributed by atoms with Crippen LogP contribution < -0.4 is 0 Å². The highest BCUT2D eigenvalue weighted by Gasteiger charge is 2.13. The molecule has 0 unspecified atom stereocenters. The van der Waals surface area contributed by atoms with Gasteiger partial charge in [-0.3, -0.25) is 9.59 Å². The van der Waals surface area contributed by atoms with Crippen molar-refractivity contribution in [1.82, 2.24) is 9.80 Å². The van der Waals surface area contributed by atoms with Crippen molar-refractivity contribution in [2.75, 3.05) is 45.2 Å². The maximum Gasteiger partial charge on any atom is 0.232 e. The second-order valence-electron chi connectivity index (χ2n) is 14.1. The average molecular weight is 677 g/mol. The smallest absolute Gasteiger partial charge is 0.232 e. The van der Waals surface area contributed by atoms with Crippen LogP contribution in [0.2, 0.25) is 0 Å². The Morgan fingerprint density at radius 1 is 0.489 bits per heavy atom. The van der Waals surface area contributed by atoms with Gasteiger partial charge in [0.05, 0.1) is 5.75 Å². The van der Waals surface area contributed by atoms with Gasteiger partial charge < -0.3 is 9.80 Å². The predicted molar refractivity (Wildman–Crippen MR) is 212 cm³/mol. The van der Waals surface area contributed by atoms with Crippen LogP contribution in [0.1, 0.15) is 187 Å². The first-order valence-corrected chi connectivity index (χ1v) is 21.5. The Bertz CT molecular complexity index is 736. The van der Waals surface area contributed by atoms with Gasteiger partial charge in [-0.25, -0.2) is 0 Å². The number of carbonyl (C=O) groups is 2. The summed E-state index contributed by atoms with van der Waals surface area (Å²) in [6, 6.07) is 0. The molecule has 1 amide bonds. The first-order valence-electron chi connectivity index (χ1n) is 20.3. The summed E-state index contributed by atoms with van der Waals surface area (Å²) in [7, 11) is 4.17. The van der Waals surface area contributed by atoms with E-state index in [1.807, 2.05) is 0 Å². The molecule has 0 aromatic heterocycles. The number of amides is 1. The third-order valence-electron chi connectivity index (χ3n) is 9.07. The van der Waals surface area contributed by atoms with Gasteiger partial charge in [-0.1, -0.05) is 134 Å². The molecule has 0 bridgehead atoms. The Balaban J connectivity index is 4.07. The molecule has 0 aromatic carbocycles. The number of rotatable bonds is 37. The molecular formula is C42H80N2O2S. The lowest BCUT2D eigenvalue weighted by atomic mass is 10.1. The second kappa shape index (κ2) is 37.7. The fourth-order valence-electron chi connectivity index (χ4n) is 5.86. The number of thioether (sulfide) groups is 1. The van der Waals surface area contributed by atoms with Gasteiger partial charge in [0.1, 0.15) is 5.78 Å². The number of unbranched alkanes of at least 4 members (excludes halogenated alkanes) is 20. The van der Waals surface area contributed by atoms with Crippen LogP contribution in [0.3, 0.4) is 0 Å². The van der Waals surface area contributed by atoms with Crippen molar-refractivity contribution in [3.63, 3.8) is 0 Å². The molecule has 0 N–H and O–H groups in total. The molecule has 0 saturated heterocycles. The summed E-state index contributed by atoms with van der Waals surface area (Å²) in [4.78, 5) is 29.7. The van der Waals surface area contributed by atoms with Crippen LogP contribution in [-0.2, 0) is 9.59 Å². The van der Waals surface area contributed by atoms with Crippen molar-refractivity contribution in [3.8, 4) is 0 Å². The number of nitrogens with zero attached hydrogens (tertiary/aromatic N) is 2. The van der Waals surface area contributed by atoms with Crippen LogP contribution in [0.5, 0.6) is 0 Å². The molecule has 0 aliphatic carbocycles. The van der Waals surface area contributed by atoms with Gasteiger partial charge in [-0.05, 0) is 78.3 Å². The van der Waals surface area contributed by atoms with E-state index in [1.54, 1.807) is 11.8 Å². The predicted octanol–water partition coefficient (Wildman–Crippen LogP) is 12.4. The Hall–Kier alpha value is -1.07. The summed E-state index contributed by atoms with van der Waals surface area (Å²) in [5, 5.41) is 0. The van der Waals surface area contributed by atoms with E-state index in [-0.39, 0.29) is 0 Å². The topological polar surface area (TPSA) is 40.6 Å². The van der Waals surface area contributed by atoms with Gasteiger partial charge in [0.2, 0.25) is 5.91 Å². The van der Waals surface area contributed by atoms with E-state index in [0.717, 1.165) is 63.9 Å². The number of ketones is 1. The van der Waals surface area contributed by atoms with Gasteiger partial charge in [0.25, 0.3) is 0 Å². The number of hydrogen-bond donors (Lipinski definition) is 0. The highest BCUT2D eigenvalue weighted by Crippen LogP contribution is 2.13. The first-order chi connectivity index (χ1) is 23.0. The van der Waals surface area contributed by atoms with Crippen LogP contribution in [0.4, 0.5) is 0 Å². The zero-order chi connectivity index (χ0) is 34.5. The first kappa shape index (κ1) is 45.9. The molecule has 0 aliphatic rings. The zero-order valence-corrected chi connectivity index (χ0v) is 32.9. The lowest BCUT2D eigenvalue weighted by Crippen LogP contribution is -2.34. The minimum Gasteiger partial charge on any atom is -0.342 e. The summed E-state index contributed by atoms with van der Waals surface area (Å²) in [6.07, 6.45) is 42.0.